The predicted octanol–water partition coefficient (Wildman–Crippen LogP) is 2.95. The summed E-state index contributed by atoms with van der Waals surface area (Å²) >= 11 is 0. The third-order valence-electron chi connectivity index (χ3n) is 3.04. The Morgan fingerprint density at radius 2 is 1.94 bits per heavy atom. The van der Waals surface area contributed by atoms with Gasteiger partial charge in [0, 0.05) is 30.5 Å². The molecule has 94 valence electrons. The minimum Gasteiger partial charge on any atom is -0.508 e. The third-order valence-corrected chi connectivity index (χ3v) is 3.04. The van der Waals surface area contributed by atoms with Crippen molar-refractivity contribution >= 4 is 0 Å². The predicted molar refractivity (Wildman–Crippen MR) is 72.3 cm³/mol. The van der Waals surface area contributed by atoms with Crippen LogP contribution in [0.2, 0.25) is 0 Å². The second-order valence-electron chi connectivity index (χ2n) is 4.52. The average Bonchev–Trinajstić information content (AvgIpc) is 2.40. The van der Waals surface area contributed by atoms with Gasteiger partial charge in [-0.25, -0.2) is 0 Å². The van der Waals surface area contributed by atoms with E-state index in [-0.39, 0.29) is 6.04 Å². The summed E-state index contributed by atoms with van der Waals surface area (Å²) in [6.45, 7) is 4.77. The Hall–Kier alpha value is -1.87. The standard InChI is InChI=1S/C15H18N2O/c1-11-3-4-15(18)14(9-11)10-17-12(2)13-5-7-16-8-6-13/h3-9,12,17-18H,10H2,1-2H3/t12-/m0/s1. The van der Waals surface area contributed by atoms with Gasteiger partial charge in [-0.2, -0.15) is 0 Å². The normalized spacial score (nSPS) is 12.3. The van der Waals surface area contributed by atoms with Gasteiger partial charge in [-0.3, -0.25) is 4.98 Å². The number of phenolic OH excluding ortho intramolecular Hbond substituents is 1. The van der Waals surface area contributed by atoms with Gasteiger partial charge >= 0.3 is 0 Å². The summed E-state index contributed by atoms with van der Waals surface area (Å²) in [5.41, 5.74) is 3.27. The van der Waals surface area contributed by atoms with Crippen molar-refractivity contribution in [2.45, 2.75) is 26.4 Å². The summed E-state index contributed by atoms with van der Waals surface area (Å²) in [6.07, 6.45) is 3.58. The summed E-state index contributed by atoms with van der Waals surface area (Å²) < 4.78 is 0. The van der Waals surface area contributed by atoms with Crippen molar-refractivity contribution in [3.05, 3.63) is 59.4 Å². The molecule has 1 aromatic heterocycles. The van der Waals surface area contributed by atoms with E-state index in [2.05, 4.69) is 17.2 Å². The van der Waals surface area contributed by atoms with Crippen LogP contribution in [0.25, 0.3) is 0 Å². The van der Waals surface area contributed by atoms with E-state index in [0.717, 1.165) is 11.1 Å². The van der Waals surface area contributed by atoms with Crippen molar-refractivity contribution in [3.63, 3.8) is 0 Å². The third kappa shape index (κ3) is 3.08. The minimum atomic E-state index is 0.230. The lowest BCUT2D eigenvalue weighted by Gasteiger charge is -2.15. The van der Waals surface area contributed by atoms with Gasteiger partial charge in [0.25, 0.3) is 0 Å². The Labute approximate surface area is 108 Å². The number of phenols is 1. The van der Waals surface area contributed by atoms with Crippen LogP contribution in [-0.4, -0.2) is 10.1 Å². The molecule has 3 heteroatoms. The van der Waals surface area contributed by atoms with Crippen LogP contribution in [0.3, 0.4) is 0 Å². The number of hydrogen-bond donors (Lipinski definition) is 2. The van der Waals surface area contributed by atoms with Gasteiger partial charge in [0.15, 0.2) is 0 Å². The maximum absolute atomic E-state index is 9.77. The first kappa shape index (κ1) is 12.6. The highest BCUT2D eigenvalue weighted by Crippen LogP contribution is 2.19. The molecule has 0 aliphatic rings. The van der Waals surface area contributed by atoms with Crippen molar-refractivity contribution in [1.82, 2.24) is 10.3 Å². The van der Waals surface area contributed by atoms with E-state index in [0.29, 0.717) is 12.3 Å². The molecule has 0 aliphatic heterocycles. The highest BCUT2D eigenvalue weighted by Gasteiger charge is 2.06. The lowest BCUT2D eigenvalue weighted by Crippen LogP contribution is -2.18. The van der Waals surface area contributed by atoms with Gasteiger partial charge in [0.05, 0.1) is 0 Å². The molecule has 0 saturated heterocycles. The van der Waals surface area contributed by atoms with E-state index in [1.54, 1.807) is 18.5 Å². The molecular weight excluding hydrogens is 224 g/mol. The molecule has 1 atom stereocenters. The number of aryl methyl sites for hydroxylation is 1. The van der Waals surface area contributed by atoms with Crippen LogP contribution in [0.15, 0.2) is 42.7 Å². The lowest BCUT2D eigenvalue weighted by atomic mass is 10.1. The Morgan fingerprint density at radius 3 is 2.67 bits per heavy atom. The Balaban J connectivity index is 2.01. The fraction of sp³-hybridized carbons (Fsp3) is 0.267. The van der Waals surface area contributed by atoms with Gasteiger partial charge < -0.3 is 10.4 Å². The molecule has 0 saturated carbocycles. The first-order valence-corrected chi connectivity index (χ1v) is 6.08. The fourth-order valence-corrected chi connectivity index (χ4v) is 1.89. The zero-order chi connectivity index (χ0) is 13.0. The van der Waals surface area contributed by atoms with E-state index in [1.807, 2.05) is 31.2 Å². The van der Waals surface area contributed by atoms with E-state index in [9.17, 15) is 5.11 Å². The zero-order valence-electron chi connectivity index (χ0n) is 10.7. The number of rotatable bonds is 4. The number of hydrogen-bond acceptors (Lipinski definition) is 3. The molecule has 2 N–H and O–H groups in total. The Kier molecular flexibility index (Phi) is 3.95. The molecule has 2 aromatic rings. The molecule has 3 nitrogen and oxygen atoms in total. The molecule has 0 fully saturated rings. The smallest absolute Gasteiger partial charge is 0.120 e. The fourth-order valence-electron chi connectivity index (χ4n) is 1.89. The minimum absolute atomic E-state index is 0.230. The molecule has 0 radical (unpaired) electrons. The van der Waals surface area contributed by atoms with Crippen LogP contribution in [0, 0.1) is 6.92 Å². The summed E-state index contributed by atoms with van der Waals surface area (Å²) in [6, 6.07) is 9.87. The number of nitrogens with zero attached hydrogens (tertiary/aromatic N) is 1. The monoisotopic (exact) mass is 242 g/mol. The van der Waals surface area contributed by atoms with Crippen molar-refractivity contribution in [3.8, 4) is 5.75 Å². The van der Waals surface area contributed by atoms with E-state index in [4.69, 9.17) is 0 Å². The SMILES string of the molecule is Cc1ccc(O)c(CN[C@@H](C)c2ccncc2)c1. The van der Waals surface area contributed by atoms with Crippen LogP contribution in [0.1, 0.15) is 29.7 Å². The number of pyridine rings is 1. The number of aromatic nitrogens is 1. The molecule has 0 aliphatic carbocycles. The summed E-state index contributed by atoms with van der Waals surface area (Å²) in [5.74, 6) is 0.343. The molecule has 0 bridgehead atoms. The van der Waals surface area contributed by atoms with Crippen LogP contribution in [-0.2, 0) is 6.54 Å². The van der Waals surface area contributed by atoms with Crippen LogP contribution in [0.5, 0.6) is 5.75 Å². The lowest BCUT2D eigenvalue weighted by molar-refractivity contribution is 0.460. The van der Waals surface area contributed by atoms with E-state index < -0.39 is 0 Å². The highest BCUT2D eigenvalue weighted by molar-refractivity contribution is 5.35. The summed E-state index contributed by atoms with van der Waals surface area (Å²) in [4.78, 5) is 4.00. The molecule has 18 heavy (non-hydrogen) atoms. The van der Waals surface area contributed by atoms with Crippen molar-refractivity contribution in [2.24, 2.45) is 0 Å². The average molecular weight is 242 g/mol. The maximum Gasteiger partial charge on any atom is 0.120 e. The Morgan fingerprint density at radius 1 is 1.22 bits per heavy atom. The molecule has 1 heterocycles. The van der Waals surface area contributed by atoms with Gasteiger partial charge in [-0.15, -0.1) is 0 Å². The summed E-state index contributed by atoms with van der Waals surface area (Å²) in [5, 5.41) is 13.2. The molecule has 2 rings (SSSR count). The number of nitrogens with one attached hydrogen (secondary N) is 1. The van der Waals surface area contributed by atoms with Gasteiger partial charge in [0.2, 0.25) is 0 Å². The van der Waals surface area contributed by atoms with Crippen molar-refractivity contribution in [2.75, 3.05) is 0 Å². The largest absolute Gasteiger partial charge is 0.508 e. The van der Waals surface area contributed by atoms with Gasteiger partial charge in [0.1, 0.15) is 5.75 Å². The maximum atomic E-state index is 9.77. The molecule has 0 spiro atoms. The zero-order valence-corrected chi connectivity index (χ0v) is 10.7. The summed E-state index contributed by atoms with van der Waals surface area (Å²) in [7, 11) is 0. The first-order valence-electron chi connectivity index (χ1n) is 6.08. The topological polar surface area (TPSA) is 45.1 Å². The van der Waals surface area contributed by atoms with Crippen LogP contribution >= 0.6 is 0 Å². The van der Waals surface area contributed by atoms with Crippen molar-refractivity contribution < 1.29 is 5.11 Å². The quantitative estimate of drug-likeness (QED) is 0.866. The first-order chi connectivity index (χ1) is 8.66. The molecular formula is C15H18N2O. The Bertz CT molecular complexity index is 511. The van der Waals surface area contributed by atoms with Crippen LogP contribution in [0.4, 0.5) is 0 Å². The molecule has 0 amide bonds. The second-order valence-corrected chi connectivity index (χ2v) is 4.52. The van der Waals surface area contributed by atoms with Gasteiger partial charge in [-0.1, -0.05) is 17.7 Å². The molecule has 0 unspecified atom stereocenters. The highest BCUT2D eigenvalue weighted by atomic mass is 16.3. The van der Waals surface area contributed by atoms with Gasteiger partial charge in [-0.05, 0) is 37.6 Å². The van der Waals surface area contributed by atoms with E-state index in [1.165, 1.54) is 5.56 Å². The van der Waals surface area contributed by atoms with Crippen LogP contribution < -0.4 is 5.32 Å². The molecule has 1 aromatic carbocycles. The number of aromatic hydroxyl groups is 1. The second kappa shape index (κ2) is 5.65. The van der Waals surface area contributed by atoms with E-state index >= 15 is 0 Å². The van der Waals surface area contributed by atoms with Crippen molar-refractivity contribution in [1.29, 1.82) is 0 Å². The number of benzene rings is 1.